The smallest absolute Gasteiger partial charge is 0.505 e. The van der Waals surface area contributed by atoms with Gasteiger partial charge in [-0.2, -0.15) is 14.7 Å². The van der Waals surface area contributed by atoms with Crippen molar-refractivity contribution in [3.63, 3.8) is 0 Å². The van der Waals surface area contributed by atoms with E-state index >= 15 is 0 Å². The van der Waals surface area contributed by atoms with Crippen LogP contribution in [0.3, 0.4) is 0 Å². The molecule has 1 aromatic heterocycles. The number of aromatic nitrogens is 1. The minimum Gasteiger partial charge on any atom is -0.505 e. The van der Waals surface area contributed by atoms with Crippen molar-refractivity contribution in [3.05, 3.63) is 23.0 Å². The molecule has 16 heavy (non-hydrogen) atoms. The summed E-state index contributed by atoms with van der Waals surface area (Å²) in [5, 5.41) is 9.48. The number of carbonyl (C=O) groups is 1. The molecule has 0 saturated carbocycles. The fourth-order valence-electron chi connectivity index (χ4n) is 1.06. The first-order valence-corrected chi connectivity index (χ1v) is 5.76. The minimum absolute atomic E-state index is 0.0547. The van der Waals surface area contributed by atoms with Crippen molar-refractivity contribution >= 4 is 14.5 Å². The maximum Gasteiger partial charge on any atom is 0.567 e. The molecule has 0 bridgehead atoms. The first kappa shape index (κ1) is 13.0. The molecule has 88 valence electrons. The summed E-state index contributed by atoms with van der Waals surface area (Å²) in [6, 6.07) is 0. The Morgan fingerprint density at radius 1 is 1.50 bits per heavy atom. The number of hydrogen-bond acceptors (Lipinski definition) is 7. The highest BCUT2D eigenvalue weighted by Gasteiger charge is 2.33. The quantitative estimate of drug-likeness (QED) is 0.439. The summed E-state index contributed by atoms with van der Waals surface area (Å²) in [6.45, 7) is 1.07. The van der Waals surface area contributed by atoms with Crippen molar-refractivity contribution in [1.29, 1.82) is 0 Å². The maximum atomic E-state index is 10.7. The summed E-state index contributed by atoms with van der Waals surface area (Å²) in [7, 11) is -4.36. The van der Waals surface area contributed by atoms with E-state index in [0.717, 1.165) is 0 Å². The lowest BCUT2D eigenvalue weighted by Crippen LogP contribution is -2.02. The molecule has 0 fully saturated rings. The van der Waals surface area contributed by atoms with Crippen LogP contribution in [0.5, 0.6) is 5.75 Å². The summed E-state index contributed by atoms with van der Waals surface area (Å²) in [4.78, 5) is 40.3. The third kappa shape index (κ3) is 3.19. The van der Waals surface area contributed by atoms with Crippen LogP contribution in [0.4, 0.5) is 0 Å². The molecule has 7 nitrogen and oxygen atoms in total. The van der Waals surface area contributed by atoms with Crippen molar-refractivity contribution in [3.8, 4) is 5.75 Å². The van der Waals surface area contributed by atoms with E-state index in [2.05, 4.69) is 9.51 Å². The second-order valence-corrected chi connectivity index (χ2v) is 4.32. The van der Waals surface area contributed by atoms with Crippen LogP contribution >= 0.6 is 8.17 Å². The topological polar surface area (TPSA) is 120 Å². The van der Waals surface area contributed by atoms with E-state index in [4.69, 9.17) is 14.7 Å². The first-order valence-electron chi connectivity index (χ1n) is 4.19. The van der Waals surface area contributed by atoms with E-state index in [1.165, 1.54) is 13.1 Å². The molecule has 1 aromatic rings. The van der Waals surface area contributed by atoms with Gasteiger partial charge in [0.1, 0.15) is 12.4 Å². The SMILES string of the molecule is Cc1ncc(CO[P+](O)(O)O)c(C=O)c1O. The van der Waals surface area contributed by atoms with Crippen molar-refractivity contribution in [1.82, 2.24) is 4.98 Å². The van der Waals surface area contributed by atoms with Crippen molar-refractivity contribution in [2.45, 2.75) is 13.5 Å². The van der Waals surface area contributed by atoms with Gasteiger partial charge in [0.25, 0.3) is 0 Å². The van der Waals surface area contributed by atoms with Gasteiger partial charge in [-0.1, -0.05) is 0 Å². The predicted octanol–water partition coefficient (Wildman–Crippen LogP) is 0.0792. The number of hydrogen-bond donors (Lipinski definition) is 4. The molecule has 0 aliphatic carbocycles. The van der Waals surface area contributed by atoms with Gasteiger partial charge in [-0.05, 0) is 6.92 Å². The average molecular weight is 248 g/mol. The van der Waals surface area contributed by atoms with Gasteiger partial charge in [0.05, 0.1) is 11.3 Å². The lowest BCUT2D eigenvalue weighted by Gasteiger charge is -2.07. The summed E-state index contributed by atoms with van der Waals surface area (Å²) in [5.41, 5.74) is 0.365. The Labute approximate surface area is 91.6 Å². The molecule has 1 heterocycles. The molecule has 0 atom stereocenters. The van der Waals surface area contributed by atoms with Gasteiger partial charge in [-0.25, -0.2) is 0 Å². The molecular weight excluding hydrogens is 237 g/mol. The largest absolute Gasteiger partial charge is 0.567 e. The molecule has 0 amide bonds. The Bertz CT molecular complexity index is 402. The summed E-state index contributed by atoms with van der Waals surface area (Å²) >= 11 is 0. The zero-order chi connectivity index (χ0) is 12.3. The van der Waals surface area contributed by atoms with E-state index in [-0.39, 0.29) is 22.6 Å². The highest BCUT2D eigenvalue weighted by Crippen LogP contribution is 2.46. The van der Waals surface area contributed by atoms with E-state index in [1.807, 2.05) is 0 Å². The van der Waals surface area contributed by atoms with Crippen molar-refractivity contribution in [2.75, 3.05) is 0 Å². The number of aromatic hydroxyl groups is 1. The first-order chi connectivity index (χ1) is 7.35. The monoisotopic (exact) mass is 248 g/mol. The Balaban J connectivity index is 2.97. The second kappa shape index (κ2) is 4.82. The number of rotatable bonds is 4. The highest BCUT2D eigenvalue weighted by molar-refractivity contribution is 7.53. The van der Waals surface area contributed by atoms with Crippen LogP contribution in [0.25, 0.3) is 0 Å². The standard InChI is InChI=1S/C8H10NO6P/c1-5-8(11)7(3-10)6(2-9-5)4-15-16(12,13)14/h2-3,12-14H,4H2,1H3/p+1. The zero-order valence-corrected chi connectivity index (χ0v) is 9.26. The van der Waals surface area contributed by atoms with Gasteiger partial charge in [0, 0.05) is 11.8 Å². The van der Waals surface area contributed by atoms with Crippen LogP contribution in [0.2, 0.25) is 0 Å². The fourth-order valence-corrected chi connectivity index (χ4v) is 1.37. The van der Waals surface area contributed by atoms with Crippen molar-refractivity contribution < 1.29 is 29.1 Å². The van der Waals surface area contributed by atoms with E-state index in [9.17, 15) is 9.90 Å². The Kier molecular flexibility index (Phi) is 3.90. The molecule has 4 N–H and O–H groups in total. The molecule has 8 heteroatoms. The van der Waals surface area contributed by atoms with Crippen molar-refractivity contribution in [2.24, 2.45) is 0 Å². The van der Waals surface area contributed by atoms with Crippen LogP contribution in [-0.2, 0) is 11.1 Å². The van der Waals surface area contributed by atoms with E-state index < -0.39 is 14.8 Å². The summed E-state index contributed by atoms with van der Waals surface area (Å²) in [5.74, 6) is -0.297. The van der Waals surface area contributed by atoms with Gasteiger partial charge in [0.2, 0.25) is 0 Å². The molecule has 0 aliphatic rings. The average Bonchev–Trinajstić information content (AvgIpc) is 2.18. The van der Waals surface area contributed by atoms with Gasteiger partial charge in [-0.15, -0.1) is 4.52 Å². The lowest BCUT2D eigenvalue weighted by atomic mass is 10.1. The van der Waals surface area contributed by atoms with Gasteiger partial charge < -0.3 is 5.11 Å². The third-order valence-corrected chi connectivity index (χ3v) is 2.34. The van der Waals surface area contributed by atoms with Crippen LogP contribution in [0.15, 0.2) is 6.20 Å². The molecule has 0 aliphatic heterocycles. The molecule has 0 unspecified atom stereocenters. The van der Waals surface area contributed by atoms with E-state index in [1.54, 1.807) is 0 Å². The third-order valence-electron chi connectivity index (χ3n) is 1.87. The lowest BCUT2D eigenvalue weighted by molar-refractivity contribution is 0.111. The highest BCUT2D eigenvalue weighted by atomic mass is 31.2. The normalized spacial score (nSPS) is 11.5. The number of carbonyl (C=O) groups excluding carboxylic acids is 1. The number of nitrogens with zero attached hydrogens (tertiary/aromatic N) is 1. The molecular formula is C8H11NO6P+. The minimum atomic E-state index is -4.36. The Hall–Kier alpha value is -1.11. The Morgan fingerprint density at radius 3 is 2.62 bits per heavy atom. The van der Waals surface area contributed by atoms with Crippen LogP contribution < -0.4 is 0 Å². The summed E-state index contributed by atoms with van der Waals surface area (Å²) < 4.78 is 4.32. The summed E-state index contributed by atoms with van der Waals surface area (Å²) in [6.07, 6.45) is 1.64. The molecule has 1 rings (SSSR count). The molecule has 0 saturated heterocycles. The number of pyridine rings is 1. The number of aryl methyl sites for hydroxylation is 1. The molecule has 0 radical (unpaired) electrons. The van der Waals surface area contributed by atoms with Gasteiger partial charge in [-0.3, -0.25) is 9.78 Å². The molecule has 0 aromatic carbocycles. The predicted molar refractivity (Wildman–Crippen MR) is 54.4 cm³/mol. The fraction of sp³-hybridized carbons (Fsp3) is 0.250. The zero-order valence-electron chi connectivity index (χ0n) is 8.36. The number of aldehydes is 1. The Morgan fingerprint density at radius 2 is 2.12 bits per heavy atom. The molecule has 0 spiro atoms. The second-order valence-electron chi connectivity index (χ2n) is 3.04. The van der Waals surface area contributed by atoms with Gasteiger partial charge in [0.15, 0.2) is 6.29 Å². The van der Waals surface area contributed by atoms with Crippen LogP contribution in [0, 0.1) is 6.92 Å². The van der Waals surface area contributed by atoms with Gasteiger partial charge >= 0.3 is 8.17 Å². The van der Waals surface area contributed by atoms with E-state index in [0.29, 0.717) is 6.29 Å². The van der Waals surface area contributed by atoms with Crippen LogP contribution in [-0.4, -0.2) is 31.1 Å². The van der Waals surface area contributed by atoms with Crippen LogP contribution in [0.1, 0.15) is 21.6 Å². The maximum absolute atomic E-state index is 10.7.